The number of amides is 1. The van der Waals surface area contributed by atoms with E-state index in [1.165, 1.54) is 31.2 Å². The molecule has 0 saturated carbocycles. The molecule has 0 fully saturated rings. The Kier molecular flexibility index (Phi) is 5.02. The summed E-state index contributed by atoms with van der Waals surface area (Å²) in [6.07, 6.45) is 0.0859. The van der Waals surface area contributed by atoms with Crippen LogP contribution in [0.4, 0.5) is 4.39 Å². The van der Waals surface area contributed by atoms with Gasteiger partial charge in [0.1, 0.15) is 5.82 Å². The van der Waals surface area contributed by atoms with Gasteiger partial charge >= 0.3 is 5.97 Å². The summed E-state index contributed by atoms with van der Waals surface area (Å²) in [6, 6.07) is 10.8. The fourth-order valence-electron chi connectivity index (χ4n) is 2.64. The van der Waals surface area contributed by atoms with Crippen molar-refractivity contribution in [2.75, 3.05) is 0 Å². The molecule has 2 rings (SSSR count). The number of carbonyl (C=O) groups excluding carboxylic acids is 1. The Morgan fingerprint density at radius 2 is 1.62 bits per heavy atom. The van der Waals surface area contributed by atoms with Gasteiger partial charge in [0.2, 0.25) is 5.91 Å². The molecule has 0 bridgehead atoms. The first-order valence-electron chi connectivity index (χ1n) is 7.59. The molecular formula is C19H20FNO3. The van der Waals surface area contributed by atoms with E-state index in [1.54, 1.807) is 0 Å². The third-order valence-electron chi connectivity index (χ3n) is 4.22. The topological polar surface area (TPSA) is 66.4 Å². The molecule has 0 saturated heterocycles. The van der Waals surface area contributed by atoms with Crippen molar-refractivity contribution in [3.63, 3.8) is 0 Å². The van der Waals surface area contributed by atoms with Gasteiger partial charge in [-0.3, -0.25) is 4.79 Å². The van der Waals surface area contributed by atoms with E-state index in [9.17, 15) is 19.1 Å². The van der Waals surface area contributed by atoms with Crippen LogP contribution in [0.5, 0.6) is 0 Å². The maximum Gasteiger partial charge on any atom is 0.333 e. The molecule has 0 heterocycles. The molecule has 0 aromatic heterocycles. The van der Waals surface area contributed by atoms with E-state index in [1.807, 2.05) is 32.0 Å². The van der Waals surface area contributed by atoms with E-state index in [4.69, 9.17) is 0 Å². The average Bonchev–Trinajstić information content (AvgIpc) is 2.51. The van der Waals surface area contributed by atoms with Crippen LogP contribution >= 0.6 is 0 Å². The quantitative estimate of drug-likeness (QED) is 0.886. The number of rotatable bonds is 5. The van der Waals surface area contributed by atoms with Crippen LogP contribution in [0.15, 0.2) is 42.5 Å². The molecule has 1 amide bonds. The zero-order valence-corrected chi connectivity index (χ0v) is 13.9. The lowest BCUT2D eigenvalue weighted by atomic mass is 9.91. The molecule has 2 aromatic rings. The number of carboxylic acids is 1. The molecule has 2 N–H and O–H groups in total. The Morgan fingerprint density at radius 3 is 2.12 bits per heavy atom. The Bertz CT molecular complexity index is 750. The van der Waals surface area contributed by atoms with Gasteiger partial charge in [0, 0.05) is 0 Å². The highest BCUT2D eigenvalue weighted by Crippen LogP contribution is 2.22. The SMILES string of the molecule is Cc1cccc(C)c1CC(=O)NC(C)(C(=O)O)c1ccc(F)cc1. The van der Waals surface area contributed by atoms with Gasteiger partial charge in [-0.05, 0) is 55.2 Å². The van der Waals surface area contributed by atoms with Gasteiger partial charge in [-0.25, -0.2) is 9.18 Å². The second kappa shape index (κ2) is 6.83. The minimum atomic E-state index is -1.62. The van der Waals surface area contributed by atoms with Crippen LogP contribution in [-0.2, 0) is 21.5 Å². The summed E-state index contributed by atoms with van der Waals surface area (Å²) in [4.78, 5) is 24.1. The van der Waals surface area contributed by atoms with E-state index in [-0.39, 0.29) is 6.42 Å². The van der Waals surface area contributed by atoms with Gasteiger partial charge in [0.15, 0.2) is 5.54 Å². The fourth-order valence-corrected chi connectivity index (χ4v) is 2.64. The van der Waals surface area contributed by atoms with Crippen molar-refractivity contribution >= 4 is 11.9 Å². The molecule has 1 atom stereocenters. The lowest BCUT2D eigenvalue weighted by Crippen LogP contribution is -2.50. The number of carbonyl (C=O) groups is 2. The van der Waals surface area contributed by atoms with Crippen LogP contribution in [0.1, 0.15) is 29.2 Å². The Labute approximate surface area is 140 Å². The number of hydrogen-bond acceptors (Lipinski definition) is 2. The van der Waals surface area contributed by atoms with Gasteiger partial charge in [-0.15, -0.1) is 0 Å². The summed E-state index contributed by atoms with van der Waals surface area (Å²) in [5, 5.41) is 12.1. The summed E-state index contributed by atoms with van der Waals surface area (Å²) >= 11 is 0. The minimum absolute atomic E-state index is 0.0859. The van der Waals surface area contributed by atoms with Crippen molar-refractivity contribution in [2.45, 2.75) is 32.7 Å². The standard InChI is InChI=1S/C19H20FNO3/c1-12-5-4-6-13(2)16(12)11-17(22)21-19(3,18(23)24)14-7-9-15(20)10-8-14/h4-10H,11H2,1-3H3,(H,21,22)(H,23,24). The monoisotopic (exact) mass is 329 g/mol. The van der Waals surface area contributed by atoms with E-state index >= 15 is 0 Å². The van der Waals surface area contributed by atoms with Crippen LogP contribution in [0.25, 0.3) is 0 Å². The largest absolute Gasteiger partial charge is 0.479 e. The van der Waals surface area contributed by atoms with Gasteiger partial charge in [0.25, 0.3) is 0 Å². The number of aryl methyl sites for hydroxylation is 2. The first-order valence-corrected chi connectivity index (χ1v) is 7.59. The van der Waals surface area contributed by atoms with Crippen LogP contribution in [0.3, 0.4) is 0 Å². The van der Waals surface area contributed by atoms with E-state index in [0.29, 0.717) is 5.56 Å². The summed E-state index contributed by atoms with van der Waals surface area (Å²) in [5.74, 6) is -2.07. The molecule has 4 nitrogen and oxygen atoms in total. The van der Waals surface area contributed by atoms with E-state index in [2.05, 4.69) is 5.32 Å². The zero-order valence-electron chi connectivity index (χ0n) is 13.9. The predicted molar refractivity (Wildman–Crippen MR) is 89.2 cm³/mol. The lowest BCUT2D eigenvalue weighted by molar-refractivity contribution is -0.147. The van der Waals surface area contributed by atoms with Gasteiger partial charge in [-0.1, -0.05) is 30.3 Å². The predicted octanol–water partition coefficient (Wildman–Crippen LogP) is 3.10. The highest BCUT2D eigenvalue weighted by atomic mass is 19.1. The number of halogens is 1. The molecule has 0 aliphatic rings. The van der Waals surface area contributed by atoms with Crippen molar-refractivity contribution in [3.8, 4) is 0 Å². The summed E-state index contributed by atoms with van der Waals surface area (Å²) < 4.78 is 13.1. The molecule has 5 heteroatoms. The molecular weight excluding hydrogens is 309 g/mol. The van der Waals surface area contributed by atoms with Crippen molar-refractivity contribution in [1.82, 2.24) is 5.32 Å². The molecule has 0 aliphatic carbocycles. The Hall–Kier alpha value is -2.69. The summed E-state index contributed by atoms with van der Waals surface area (Å²) in [5.41, 5.74) is 1.52. The zero-order chi connectivity index (χ0) is 17.9. The van der Waals surface area contributed by atoms with Crippen LogP contribution in [-0.4, -0.2) is 17.0 Å². The van der Waals surface area contributed by atoms with Gasteiger partial charge < -0.3 is 10.4 Å². The number of nitrogens with one attached hydrogen (secondary N) is 1. The molecule has 24 heavy (non-hydrogen) atoms. The molecule has 126 valence electrons. The first-order chi connectivity index (χ1) is 11.2. The summed E-state index contributed by atoms with van der Waals surface area (Å²) in [6.45, 7) is 5.21. The molecule has 2 aromatic carbocycles. The first kappa shape index (κ1) is 17.7. The average molecular weight is 329 g/mol. The van der Waals surface area contributed by atoms with Crippen LogP contribution in [0, 0.1) is 19.7 Å². The number of benzene rings is 2. The number of hydrogen-bond donors (Lipinski definition) is 2. The summed E-state index contributed by atoms with van der Waals surface area (Å²) in [7, 11) is 0. The Morgan fingerprint density at radius 1 is 1.08 bits per heavy atom. The van der Waals surface area contributed by atoms with Crippen LogP contribution in [0.2, 0.25) is 0 Å². The third-order valence-corrected chi connectivity index (χ3v) is 4.22. The fraction of sp³-hybridized carbons (Fsp3) is 0.263. The second-order valence-electron chi connectivity index (χ2n) is 6.03. The van der Waals surface area contributed by atoms with Crippen molar-refractivity contribution in [3.05, 3.63) is 70.5 Å². The smallest absolute Gasteiger partial charge is 0.333 e. The molecule has 0 spiro atoms. The number of carboxylic acid groups (broad SMARTS) is 1. The van der Waals surface area contributed by atoms with E-state index in [0.717, 1.165) is 16.7 Å². The molecule has 1 unspecified atom stereocenters. The maximum absolute atomic E-state index is 13.1. The third kappa shape index (κ3) is 3.62. The van der Waals surface area contributed by atoms with Crippen molar-refractivity contribution in [2.24, 2.45) is 0 Å². The van der Waals surface area contributed by atoms with Crippen molar-refractivity contribution < 1.29 is 19.1 Å². The second-order valence-corrected chi connectivity index (χ2v) is 6.03. The maximum atomic E-state index is 13.1. The molecule has 0 aliphatic heterocycles. The normalized spacial score (nSPS) is 13.2. The highest BCUT2D eigenvalue weighted by molar-refractivity contribution is 5.89. The lowest BCUT2D eigenvalue weighted by Gasteiger charge is -2.27. The molecule has 0 radical (unpaired) electrons. The highest BCUT2D eigenvalue weighted by Gasteiger charge is 2.37. The van der Waals surface area contributed by atoms with Gasteiger partial charge in [-0.2, -0.15) is 0 Å². The minimum Gasteiger partial charge on any atom is -0.479 e. The van der Waals surface area contributed by atoms with Crippen LogP contribution < -0.4 is 5.32 Å². The van der Waals surface area contributed by atoms with Crippen molar-refractivity contribution in [1.29, 1.82) is 0 Å². The Balaban J connectivity index is 2.26. The number of aliphatic carboxylic acids is 1. The van der Waals surface area contributed by atoms with Gasteiger partial charge in [0.05, 0.1) is 6.42 Å². The van der Waals surface area contributed by atoms with E-state index < -0.39 is 23.2 Å².